The molecule has 154 valence electrons. The van der Waals surface area contributed by atoms with Crippen LogP contribution in [0.2, 0.25) is 0 Å². The molecule has 0 atom stereocenters. The van der Waals surface area contributed by atoms with Crippen LogP contribution in [0.5, 0.6) is 0 Å². The molecule has 3 rings (SSSR count). The summed E-state index contributed by atoms with van der Waals surface area (Å²) in [6, 6.07) is 18.5. The number of nitrogens with one attached hydrogen (secondary N) is 1. The fourth-order valence-electron chi connectivity index (χ4n) is 2.85. The van der Waals surface area contributed by atoms with Crippen molar-refractivity contribution >= 4 is 32.8 Å². The Bertz CT molecular complexity index is 1210. The minimum absolute atomic E-state index is 0.126. The first kappa shape index (κ1) is 21.5. The van der Waals surface area contributed by atoms with Crippen molar-refractivity contribution in [3.63, 3.8) is 0 Å². The number of aromatic nitrogens is 1. The van der Waals surface area contributed by atoms with Gasteiger partial charge in [0.2, 0.25) is 10.0 Å². The van der Waals surface area contributed by atoms with E-state index in [-0.39, 0.29) is 16.6 Å². The summed E-state index contributed by atoms with van der Waals surface area (Å²) >= 11 is 1.01. The van der Waals surface area contributed by atoms with E-state index in [0.717, 1.165) is 28.5 Å². The van der Waals surface area contributed by atoms with Crippen LogP contribution in [0, 0.1) is 18.3 Å². The number of hydrogen-bond acceptors (Lipinski definition) is 5. The summed E-state index contributed by atoms with van der Waals surface area (Å²) in [5, 5.41) is 10.6. The number of amides is 1. The molecule has 7 nitrogen and oxygen atoms in total. The van der Waals surface area contributed by atoms with E-state index in [0.29, 0.717) is 11.1 Å². The molecule has 0 unspecified atom stereocenters. The SMILES string of the molecule is Cc1ccc(SC(=O)N(C)n2cc(C#N)c(-c3ccccc3)c2NS(C)(=O)=O)cc1. The van der Waals surface area contributed by atoms with Crippen LogP contribution in [0.15, 0.2) is 65.7 Å². The van der Waals surface area contributed by atoms with E-state index >= 15 is 0 Å². The van der Waals surface area contributed by atoms with E-state index in [1.807, 2.05) is 37.3 Å². The molecule has 3 aromatic rings. The lowest BCUT2D eigenvalue weighted by molar-refractivity contribution is 0.262. The fraction of sp³-hybridized carbons (Fsp3) is 0.143. The second-order valence-electron chi connectivity index (χ2n) is 6.67. The maximum absolute atomic E-state index is 12.9. The largest absolute Gasteiger partial charge is 0.305 e. The van der Waals surface area contributed by atoms with Crippen LogP contribution in [0.25, 0.3) is 11.1 Å². The topological polar surface area (TPSA) is 95.2 Å². The van der Waals surface area contributed by atoms with Crippen LogP contribution in [0.3, 0.4) is 0 Å². The van der Waals surface area contributed by atoms with Crippen LogP contribution in [-0.4, -0.2) is 31.6 Å². The monoisotopic (exact) mass is 440 g/mol. The summed E-state index contributed by atoms with van der Waals surface area (Å²) in [5.74, 6) is 0.126. The molecule has 0 saturated heterocycles. The van der Waals surface area contributed by atoms with Gasteiger partial charge in [-0.3, -0.25) is 9.52 Å². The van der Waals surface area contributed by atoms with Gasteiger partial charge in [0.05, 0.1) is 11.8 Å². The van der Waals surface area contributed by atoms with Crippen LogP contribution in [0.4, 0.5) is 10.6 Å². The number of hydrogen-bond donors (Lipinski definition) is 1. The lowest BCUT2D eigenvalue weighted by Gasteiger charge is -2.21. The highest BCUT2D eigenvalue weighted by Gasteiger charge is 2.24. The molecule has 0 aliphatic heterocycles. The van der Waals surface area contributed by atoms with Gasteiger partial charge in [-0.05, 0) is 36.4 Å². The highest BCUT2D eigenvalue weighted by atomic mass is 32.2. The zero-order chi connectivity index (χ0) is 21.9. The predicted molar refractivity (Wildman–Crippen MR) is 120 cm³/mol. The number of rotatable bonds is 5. The number of nitrogens with zero attached hydrogens (tertiary/aromatic N) is 3. The molecule has 0 aliphatic rings. The molecule has 1 heterocycles. The standard InChI is InChI=1S/C21H20N4O3S2/c1-15-9-11-18(12-10-15)29-21(26)24(2)25-14-17(13-22)19(16-7-5-4-6-8-16)20(25)23-30(3,27)28/h4-12,14,23H,1-3H3. The number of aryl methyl sites for hydroxylation is 1. The molecule has 9 heteroatoms. The summed E-state index contributed by atoms with van der Waals surface area (Å²) in [4.78, 5) is 13.6. The molecule has 0 bridgehead atoms. The Labute approximate surface area is 180 Å². The number of thioether (sulfide) groups is 1. The maximum Gasteiger partial charge on any atom is 0.305 e. The van der Waals surface area contributed by atoms with Crippen molar-refractivity contribution in [2.24, 2.45) is 0 Å². The number of carbonyl (C=O) groups excluding carboxylic acids is 1. The lowest BCUT2D eigenvalue weighted by atomic mass is 10.0. The van der Waals surface area contributed by atoms with E-state index in [4.69, 9.17) is 0 Å². The summed E-state index contributed by atoms with van der Waals surface area (Å²) in [6.07, 6.45) is 2.47. The molecular formula is C21H20N4O3S2. The minimum Gasteiger partial charge on any atom is -0.267 e. The summed E-state index contributed by atoms with van der Waals surface area (Å²) in [6.45, 7) is 1.96. The van der Waals surface area contributed by atoms with E-state index < -0.39 is 10.0 Å². The van der Waals surface area contributed by atoms with Crippen LogP contribution >= 0.6 is 11.8 Å². The van der Waals surface area contributed by atoms with Gasteiger partial charge < -0.3 is 0 Å². The fourth-order valence-corrected chi connectivity index (χ4v) is 4.09. The molecule has 0 radical (unpaired) electrons. The Morgan fingerprint density at radius 2 is 1.77 bits per heavy atom. The Balaban J connectivity index is 2.06. The molecule has 1 N–H and O–H groups in total. The van der Waals surface area contributed by atoms with Crippen LogP contribution in [-0.2, 0) is 10.0 Å². The van der Waals surface area contributed by atoms with Gasteiger partial charge in [0, 0.05) is 23.7 Å². The first-order chi connectivity index (χ1) is 14.2. The number of carbonyl (C=O) groups is 1. The molecule has 1 amide bonds. The van der Waals surface area contributed by atoms with E-state index in [2.05, 4.69) is 10.8 Å². The Morgan fingerprint density at radius 3 is 2.33 bits per heavy atom. The predicted octanol–water partition coefficient (Wildman–Crippen LogP) is 4.19. The average molecular weight is 441 g/mol. The van der Waals surface area contributed by atoms with Gasteiger partial charge in [0.25, 0.3) is 0 Å². The van der Waals surface area contributed by atoms with Crippen molar-refractivity contribution in [3.8, 4) is 17.2 Å². The number of anilines is 1. The van der Waals surface area contributed by atoms with Gasteiger partial charge in [-0.1, -0.05) is 48.0 Å². The first-order valence-electron chi connectivity index (χ1n) is 8.91. The second-order valence-corrected chi connectivity index (χ2v) is 9.44. The zero-order valence-electron chi connectivity index (χ0n) is 16.7. The van der Waals surface area contributed by atoms with Crippen molar-refractivity contribution in [1.82, 2.24) is 4.68 Å². The number of nitriles is 1. The lowest BCUT2D eigenvalue weighted by Crippen LogP contribution is -2.34. The quantitative estimate of drug-likeness (QED) is 0.600. The first-order valence-corrected chi connectivity index (χ1v) is 11.6. The summed E-state index contributed by atoms with van der Waals surface area (Å²) in [7, 11) is -2.15. The molecule has 2 aromatic carbocycles. The van der Waals surface area contributed by atoms with Crippen molar-refractivity contribution in [1.29, 1.82) is 5.26 Å². The van der Waals surface area contributed by atoms with Crippen LogP contribution < -0.4 is 9.73 Å². The van der Waals surface area contributed by atoms with Gasteiger partial charge in [-0.15, -0.1) is 0 Å². The normalized spacial score (nSPS) is 11.0. The van der Waals surface area contributed by atoms with Gasteiger partial charge in [0.15, 0.2) is 0 Å². The molecule has 0 fully saturated rings. The van der Waals surface area contributed by atoms with E-state index in [9.17, 15) is 18.5 Å². The average Bonchev–Trinajstić information content (AvgIpc) is 3.06. The molecular weight excluding hydrogens is 420 g/mol. The smallest absolute Gasteiger partial charge is 0.267 e. The highest BCUT2D eigenvalue weighted by Crippen LogP contribution is 2.34. The summed E-state index contributed by atoms with van der Waals surface area (Å²) in [5.41, 5.74) is 2.39. The summed E-state index contributed by atoms with van der Waals surface area (Å²) < 4.78 is 27.9. The molecule has 0 saturated carbocycles. The zero-order valence-corrected chi connectivity index (χ0v) is 18.3. The molecule has 1 aromatic heterocycles. The van der Waals surface area contributed by atoms with Gasteiger partial charge in [-0.25, -0.2) is 18.1 Å². The second kappa shape index (κ2) is 8.65. The maximum atomic E-state index is 12.9. The third kappa shape index (κ3) is 4.84. The van der Waals surface area contributed by atoms with Crippen molar-refractivity contribution < 1.29 is 13.2 Å². The molecule has 0 aliphatic carbocycles. The Hall–Kier alpha value is -3.22. The number of sulfonamides is 1. The van der Waals surface area contributed by atoms with Crippen molar-refractivity contribution in [2.45, 2.75) is 11.8 Å². The molecule has 30 heavy (non-hydrogen) atoms. The van der Waals surface area contributed by atoms with Crippen molar-refractivity contribution in [2.75, 3.05) is 23.0 Å². The minimum atomic E-state index is -3.67. The Kier molecular flexibility index (Phi) is 6.20. The molecule has 0 spiro atoms. The van der Waals surface area contributed by atoms with Crippen LogP contribution in [0.1, 0.15) is 11.1 Å². The third-order valence-electron chi connectivity index (χ3n) is 4.27. The highest BCUT2D eigenvalue weighted by molar-refractivity contribution is 8.13. The van der Waals surface area contributed by atoms with Gasteiger partial charge in [0.1, 0.15) is 11.9 Å². The van der Waals surface area contributed by atoms with Gasteiger partial charge in [-0.2, -0.15) is 5.26 Å². The van der Waals surface area contributed by atoms with Crippen molar-refractivity contribution in [3.05, 3.63) is 71.9 Å². The Morgan fingerprint density at radius 1 is 1.13 bits per heavy atom. The third-order valence-corrected chi connectivity index (χ3v) is 5.78. The van der Waals surface area contributed by atoms with E-state index in [1.54, 1.807) is 24.3 Å². The van der Waals surface area contributed by atoms with Gasteiger partial charge >= 0.3 is 5.24 Å². The number of benzene rings is 2. The van der Waals surface area contributed by atoms with E-state index in [1.165, 1.54) is 22.9 Å².